The van der Waals surface area contributed by atoms with Gasteiger partial charge in [-0.25, -0.2) is 13.1 Å². The molecule has 1 aromatic heterocycles. The van der Waals surface area contributed by atoms with Crippen molar-refractivity contribution in [3.05, 3.63) is 11.8 Å². The molecule has 0 unspecified atom stereocenters. The van der Waals surface area contributed by atoms with Crippen molar-refractivity contribution in [2.75, 3.05) is 38.5 Å². The summed E-state index contributed by atoms with van der Waals surface area (Å²) in [7, 11) is -3.18. The Balaban J connectivity index is 1.66. The van der Waals surface area contributed by atoms with E-state index in [1.54, 1.807) is 22.6 Å². The molecular formula is C13H20N4O4S. The lowest BCUT2D eigenvalue weighted by Crippen LogP contribution is -2.50. The van der Waals surface area contributed by atoms with E-state index in [1.165, 1.54) is 4.31 Å². The first-order chi connectivity index (χ1) is 10.5. The summed E-state index contributed by atoms with van der Waals surface area (Å²) in [6.45, 7) is 4.49. The lowest BCUT2D eigenvalue weighted by molar-refractivity contribution is 0.0691. The Labute approximate surface area is 129 Å². The van der Waals surface area contributed by atoms with Crippen LogP contribution in [0, 0.1) is 0 Å². The molecule has 2 aliphatic heterocycles. The number of hydrogen-bond acceptors (Lipinski definition) is 5. The molecule has 0 spiro atoms. The molecule has 0 radical (unpaired) electrons. The highest BCUT2D eigenvalue weighted by Crippen LogP contribution is 2.20. The van der Waals surface area contributed by atoms with Gasteiger partial charge < -0.3 is 9.64 Å². The molecule has 0 atom stereocenters. The molecule has 1 aromatic rings. The van der Waals surface area contributed by atoms with E-state index in [2.05, 4.69) is 5.10 Å². The minimum absolute atomic E-state index is 0.0893. The largest absolute Gasteiger partial charge is 0.478 e. The van der Waals surface area contributed by atoms with Gasteiger partial charge in [0.15, 0.2) is 5.69 Å². The van der Waals surface area contributed by atoms with Crippen LogP contribution in [0.1, 0.15) is 23.8 Å². The van der Waals surface area contributed by atoms with Gasteiger partial charge in [-0.1, -0.05) is 0 Å². The third kappa shape index (κ3) is 2.82. The van der Waals surface area contributed by atoms with Crippen molar-refractivity contribution in [2.24, 2.45) is 0 Å². The number of nitrogens with zero attached hydrogens (tertiary/aromatic N) is 4. The minimum Gasteiger partial charge on any atom is -0.478 e. The third-order valence-electron chi connectivity index (χ3n) is 4.01. The van der Waals surface area contributed by atoms with Gasteiger partial charge in [0.05, 0.1) is 12.4 Å². The molecule has 0 N–H and O–H groups in total. The quantitative estimate of drug-likeness (QED) is 0.765. The summed E-state index contributed by atoms with van der Waals surface area (Å²) < 4.78 is 32.3. The highest BCUT2D eigenvalue weighted by Gasteiger charge is 2.29. The molecule has 1 saturated heterocycles. The van der Waals surface area contributed by atoms with Crippen LogP contribution in [0.3, 0.4) is 0 Å². The fourth-order valence-electron chi connectivity index (χ4n) is 2.69. The second-order valence-corrected chi connectivity index (χ2v) is 7.64. The van der Waals surface area contributed by atoms with E-state index in [9.17, 15) is 13.2 Å². The van der Waals surface area contributed by atoms with Gasteiger partial charge in [-0.15, -0.1) is 0 Å². The molecule has 0 bridgehead atoms. The van der Waals surface area contributed by atoms with Crippen molar-refractivity contribution in [1.29, 1.82) is 0 Å². The fraction of sp³-hybridized carbons (Fsp3) is 0.692. The number of aryl methyl sites for hydroxylation is 1. The summed E-state index contributed by atoms with van der Waals surface area (Å²) in [6.07, 6.45) is 0.885. The van der Waals surface area contributed by atoms with Crippen LogP contribution in [0.15, 0.2) is 6.07 Å². The average Bonchev–Trinajstić information content (AvgIpc) is 2.98. The van der Waals surface area contributed by atoms with Crippen LogP contribution in [0.2, 0.25) is 0 Å². The predicted molar refractivity (Wildman–Crippen MR) is 79.3 cm³/mol. The van der Waals surface area contributed by atoms with Gasteiger partial charge >= 0.3 is 0 Å². The van der Waals surface area contributed by atoms with Crippen LogP contribution < -0.4 is 4.74 Å². The Bertz CT molecular complexity index is 638. The van der Waals surface area contributed by atoms with Gasteiger partial charge in [-0.2, -0.15) is 9.40 Å². The lowest BCUT2D eigenvalue weighted by Gasteiger charge is -2.33. The zero-order valence-corrected chi connectivity index (χ0v) is 13.4. The molecule has 122 valence electrons. The molecular weight excluding hydrogens is 308 g/mol. The minimum atomic E-state index is -3.18. The number of aromatic nitrogens is 2. The smallest absolute Gasteiger partial charge is 0.274 e. The number of amides is 1. The van der Waals surface area contributed by atoms with Crippen molar-refractivity contribution in [2.45, 2.75) is 19.9 Å². The lowest BCUT2D eigenvalue weighted by atomic mass is 10.3. The number of sulfonamides is 1. The van der Waals surface area contributed by atoms with Crippen LogP contribution in [-0.4, -0.2) is 71.8 Å². The fourth-order valence-corrected chi connectivity index (χ4v) is 3.77. The number of ether oxygens (including phenoxy) is 1. The number of carbonyl (C=O) groups is 1. The predicted octanol–water partition coefficient (Wildman–Crippen LogP) is -0.227. The molecule has 1 amide bonds. The molecule has 8 nitrogen and oxygen atoms in total. The van der Waals surface area contributed by atoms with E-state index < -0.39 is 10.0 Å². The van der Waals surface area contributed by atoms with E-state index in [0.29, 0.717) is 44.4 Å². The highest BCUT2D eigenvalue weighted by molar-refractivity contribution is 7.89. The Morgan fingerprint density at radius 2 is 2.00 bits per heavy atom. The number of fused-ring (bicyclic) bond motifs is 1. The maximum absolute atomic E-state index is 12.5. The monoisotopic (exact) mass is 328 g/mol. The third-order valence-corrected chi connectivity index (χ3v) is 5.89. The van der Waals surface area contributed by atoms with E-state index in [-0.39, 0.29) is 11.7 Å². The first-order valence-electron chi connectivity index (χ1n) is 7.49. The summed E-state index contributed by atoms with van der Waals surface area (Å²) >= 11 is 0. The van der Waals surface area contributed by atoms with Crippen molar-refractivity contribution in [3.63, 3.8) is 0 Å². The molecule has 22 heavy (non-hydrogen) atoms. The van der Waals surface area contributed by atoms with Gasteiger partial charge in [0.2, 0.25) is 15.9 Å². The van der Waals surface area contributed by atoms with Gasteiger partial charge in [0.25, 0.3) is 5.91 Å². The Morgan fingerprint density at radius 1 is 1.27 bits per heavy atom. The van der Waals surface area contributed by atoms with Crippen molar-refractivity contribution < 1.29 is 17.9 Å². The molecule has 2 aliphatic rings. The maximum Gasteiger partial charge on any atom is 0.274 e. The number of hydrogen-bond donors (Lipinski definition) is 0. The second-order valence-electron chi connectivity index (χ2n) is 5.38. The van der Waals surface area contributed by atoms with E-state index in [1.807, 2.05) is 0 Å². The molecule has 0 aliphatic carbocycles. The van der Waals surface area contributed by atoms with Crippen molar-refractivity contribution in [3.8, 4) is 5.88 Å². The summed E-state index contributed by atoms with van der Waals surface area (Å²) in [5.41, 5.74) is 0.365. The van der Waals surface area contributed by atoms with Gasteiger partial charge in [0.1, 0.15) is 0 Å². The van der Waals surface area contributed by atoms with Crippen molar-refractivity contribution in [1.82, 2.24) is 19.0 Å². The van der Waals surface area contributed by atoms with Crippen LogP contribution in [-0.2, 0) is 16.6 Å². The summed E-state index contributed by atoms with van der Waals surface area (Å²) in [4.78, 5) is 14.1. The van der Waals surface area contributed by atoms with E-state index >= 15 is 0 Å². The van der Waals surface area contributed by atoms with E-state index in [0.717, 1.165) is 13.0 Å². The molecule has 3 heterocycles. The molecule has 0 aromatic carbocycles. The number of piperazine rings is 1. The molecule has 9 heteroatoms. The Kier molecular flexibility index (Phi) is 4.09. The molecule has 1 fully saturated rings. The topological polar surface area (TPSA) is 84.7 Å². The number of rotatable bonds is 3. The average molecular weight is 328 g/mol. The normalized spacial score (nSPS) is 19.6. The van der Waals surface area contributed by atoms with Gasteiger partial charge in [-0.05, 0) is 6.92 Å². The number of carbonyl (C=O) groups excluding carboxylic acids is 1. The molecule has 0 saturated carbocycles. The van der Waals surface area contributed by atoms with Crippen LogP contribution in [0.5, 0.6) is 5.88 Å². The SMILES string of the molecule is CCS(=O)(=O)N1CCN(C(=O)c2cc3n(n2)CCCO3)CC1. The zero-order chi connectivity index (χ0) is 15.7. The Morgan fingerprint density at radius 3 is 2.64 bits per heavy atom. The van der Waals surface area contributed by atoms with Crippen molar-refractivity contribution >= 4 is 15.9 Å². The molecule has 3 rings (SSSR count). The van der Waals surface area contributed by atoms with Crippen LogP contribution >= 0.6 is 0 Å². The summed E-state index contributed by atoms with van der Waals surface area (Å²) in [5.74, 6) is 0.548. The zero-order valence-electron chi connectivity index (χ0n) is 12.6. The summed E-state index contributed by atoms with van der Waals surface area (Å²) in [6, 6.07) is 1.66. The first-order valence-corrected chi connectivity index (χ1v) is 9.10. The van der Waals surface area contributed by atoms with Gasteiger partial charge in [-0.3, -0.25) is 4.79 Å². The standard InChI is InChI=1S/C13H20N4O4S/c1-2-22(19,20)16-7-5-15(6-8-16)13(18)11-10-12-17(14-11)4-3-9-21-12/h10H,2-9H2,1H3. The first kappa shape index (κ1) is 15.3. The van der Waals surface area contributed by atoms with Crippen LogP contribution in [0.4, 0.5) is 0 Å². The highest BCUT2D eigenvalue weighted by atomic mass is 32.2. The Hall–Kier alpha value is -1.61. The van der Waals surface area contributed by atoms with Crippen LogP contribution in [0.25, 0.3) is 0 Å². The van der Waals surface area contributed by atoms with Gasteiger partial charge in [0, 0.05) is 45.2 Å². The maximum atomic E-state index is 12.5. The second kappa shape index (κ2) is 5.88. The van der Waals surface area contributed by atoms with E-state index in [4.69, 9.17) is 4.74 Å². The summed E-state index contributed by atoms with van der Waals surface area (Å²) in [5, 5.41) is 4.28.